The normalized spacial score (nSPS) is 21.8. The van der Waals surface area contributed by atoms with Gasteiger partial charge in [-0.2, -0.15) is 0 Å². The van der Waals surface area contributed by atoms with Crippen LogP contribution in [0.2, 0.25) is 0 Å². The molecule has 20 heavy (non-hydrogen) atoms. The van der Waals surface area contributed by atoms with Crippen molar-refractivity contribution in [2.45, 2.75) is 12.2 Å². The summed E-state index contributed by atoms with van der Waals surface area (Å²) in [6, 6.07) is 6.34. The lowest BCUT2D eigenvalue weighted by Crippen LogP contribution is -2.39. The number of aliphatic hydroxyl groups excluding tert-OH is 2. The number of β-amino-alcohol motifs (C(OH)–C–C–N with tert-alkyl or cyclic N) is 2. The molecule has 0 aromatic heterocycles. The van der Waals surface area contributed by atoms with Crippen LogP contribution >= 0.6 is 0 Å². The summed E-state index contributed by atoms with van der Waals surface area (Å²) in [5.74, 6) is -0.719. The number of benzene rings is 1. The lowest BCUT2D eigenvalue weighted by atomic mass is 10.2. The molecule has 1 aromatic rings. The maximum Gasteiger partial charge on any atom is 0.251 e. The third-order valence-corrected chi connectivity index (χ3v) is 3.18. The monoisotopic (exact) mass is 279 g/mol. The fourth-order valence-electron chi connectivity index (χ4n) is 1.98. The highest BCUT2D eigenvalue weighted by Gasteiger charge is 2.32. The zero-order valence-electron chi connectivity index (χ0n) is 10.8. The first-order chi connectivity index (χ1) is 9.47. The minimum Gasteiger partial charge on any atom is -0.399 e. The second kappa shape index (κ2) is 5.89. The van der Waals surface area contributed by atoms with Crippen LogP contribution < -0.4 is 11.1 Å². The van der Waals surface area contributed by atoms with Gasteiger partial charge in [-0.1, -0.05) is 0 Å². The summed E-state index contributed by atoms with van der Waals surface area (Å²) in [6.07, 6.45) is -1.85. The first-order valence-corrected chi connectivity index (χ1v) is 6.25. The number of carbonyl (C=O) groups is 2. The molecule has 0 radical (unpaired) electrons. The molecule has 0 saturated carbocycles. The number of aliphatic hydroxyl groups is 2. The second-order valence-corrected chi connectivity index (χ2v) is 4.74. The van der Waals surface area contributed by atoms with Crippen LogP contribution in [-0.4, -0.2) is 58.8 Å². The molecular formula is C13H17N3O4. The molecule has 1 aromatic carbocycles. The van der Waals surface area contributed by atoms with E-state index in [9.17, 15) is 19.8 Å². The quantitative estimate of drug-likeness (QED) is 0.506. The van der Waals surface area contributed by atoms with Crippen molar-refractivity contribution < 1.29 is 19.8 Å². The molecule has 0 aliphatic carbocycles. The maximum absolute atomic E-state index is 11.8. The third-order valence-electron chi connectivity index (χ3n) is 3.18. The molecule has 1 aliphatic heterocycles. The van der Waals surface area contributed by atoms with E-state index in [2.05, 4.69) is 5.32 Å². The van der Waals surface area contributed by atoms with Crippen molar-refractivity contribution in [1.29, 1.82) is 0 Å². The summed E-state index contributed by atoms with van der Waals surface area (Å²) in [7, 11) is 0. The van der Waals surface area contributed by atoms with Crippen LogP contribution in [0.3, 0.4) is 0 Å². The van der Waals surface area contributed by atoms with Crippen LogP contribution in [0.25, 0.3) is 0 Å². The average Bonchev–Trinajstić information content (AvgIpc) is 2.76. The Morgan fingerprint density at radius 1 is 1.20 bits per heavy atom. The van der Waals surface area contributed by atoms with Crippen molar-refractivity contribution in [3.8, 4) is 0 Å². The van der Waals surface area contributed by atoms with Gasteiger partial charge >= 0.3 is 0 Å². The fourth-order valence-corrected chi connectivity index (χ4v) is 1.98. The second-order valence-electron chi connectivity index (χ2n) is 4.74. The predicted octanol–water partition coefficient (Wildman–Crippen LogP) is -1.44. The molecule has 1 fully saturated rings. The van der Waals surface area contributed by atoms with Gasteiger partial charge in [0.15, 0.2) is 0 Å². The molecule has 7 nitrogen and oxygen atoms in total. The zero-order chi connectivity index (χ0) is 14.7. The molecule has 0 bridgehead atoms. The first kappa shape index (κ1) is 14.3. The maximum atomic E-state index is 11.8. The van der Waals surface area contributed by atoms with E-state index in [4.69, 9.17) is 5.73 Å². The summed E-state index contributed by atoms with van der Waals surface area (Å²) in [5, 5.41) is 21.2. The molecule has 0 spiro atoms. The Hall–Kier alpha value is -2.12. The van der Waals surface area contributed by atoms with Gasteiger partial charge in [-0.05, 0) is 24.3 Å². The largest absolute Gasteiger partial charge is 0.399 e. The Labute approximate surface area is 116 Å². The number of amides is 2. The van der Waals surface area contributed by atoms with Gasteiger partial charge in [0, 0.05) is 24.3 Å². The smallest absolute Gasteiger partial charge is 0.251 e. The van der Waals surface area contributed by atoms with Crippen molar-refractivity contribution in [3.05, 3.63) is 29.8 Å². The highest BCUT2D eigenvalue weighted by Crippen LogP contribution is 2.10. The number of rotatable bonds is 3. The van der Waals surface area contributed by atoms with Crippen molar-refractivity contribution >= 4 is 17.5 Å². The van der Waals surface area contributed by atoms with Crippen LogP contribution in [0.1, 0.15) is 10.4 Å². The Morgan fingerprint density at radius 3 is 2.30 bits per heavy atom. The van der Waals surface area contributed by atoms with Crippen LogP contribution in [0, 0.1) is 0 Å². The molecular weight excluding hydrogens is 262 g/mol. The minimum atomic E-state index is -0.924. The van der Waals surface area contributed by atoms with E-state index < -0.39 is 12.2 Å². The van der Waals surface area contributed by atoms with Gasteiger partial charge in [0.25, 0.3) is 5.91 Å². The Balaban J connectivity index is 1.84. The van der Waals surface area contributed by atoms with E-state index in [0.29, 0.717) is 11.3 Å². The average molecular weight is 279 g/mol. The van der Waals surface area contributed by atoms with Crippen molar-refractivity contribution in [1.82, 2.24) is 10.2 Å². The molecule has 108 valence electrons. The Bertz CT molecular complexity index is 493. The Kier molecular flexibility index (Phi) is 4.21. The van der Waals surface area contributed by atoms with Crippen molar-refractivity contribution in [3.63, 3.8) is 0 Å². The van der Waals surface area contributed by atoms with Crippen LogP contribution in [-0.2, 0) is 4.79 Å². The van der Waals surface area contributed by atoms with Crippen LogP contribution in [0.4, 0.5) is 5.69 Å². The lowest BCUT2D eigenvalue weighted by molar-refractivity contribution is -0.129. The molecule has 7 heteroatoms. The van der Waals surface area contributed by atoms with E-state index in [1.165, 1.54) is 4.90 Å². The van der Waals surface area contributed by atoms with Gasteiger partial charge < -0.3 is 26.2 Å². The van der Waals surface area contributed by atoms with Crippen molar-refractivity contribution in [2.75, 3.05) is 25.4 Å². The zero-order valence-corrected chi connectivity index (χ0v) is 10.8. The third kappa shape index (κ3) is 3.25. The van der Waals surface area contributed by atoms with Gasteiger partial charge in [0.05, 0.1) is 18.8 Å². The molecule has 0 unspecified atom stereocenters. The minimum absolute atomic E-state index is 0.0811. The standard InChI is InChI=1S/C13H17N3O4/c14-9-3-1-8(2-4-9)13(20)15-5-12(19)16-6-10(17)11(18)7-16/h1-4,10-11,17-18H,5-7,14H2,(H,15,20)/t10-,11+. The number of carbonyl (C=O) groups excluding carboxylic acids is 2. The van der Waals surface area contributed by atoms with E-state index in [0.717, 1.165) is 0 Å². The van der Waals surface area contributed by atoms with Crippen LogP contribution in [0.5, 0.6) is 0 Å². The van der Waals surface area contributed by atoms with Gasteiger partial charge in [-0.15, -0.1) is 0 Å². The molecule has 2 rings (SSSR count). The summed E-state index contributed by atoms with van der Waals surface area (Å²) >= 11 is 0. The molecule has 1 heterocycles. The molecule has 2 atom stereocenters. The van der Waals surface area contributed by atoms with E-state index in [1.54, 1.807) is 24.3 Å². The highest BCUT2D eigenvalue weighted by atomic mass is 16.3. The first-order valence-electron chi connectivity index (χ1n) is 6.25. The lowest BCUT2D eigenvalue weighted by Gasteiger charge is -2.15. The molecule has 1 saturated heterocycles. The van der Waals surface area contributed by atoms with Gasteiger partial charge in [-0.25, -0.2) is 0 Å². The van der Waals surface area contributed by atoms with E-state index in [-0.39, 0.29) is 31.4 Å². The van der Waals surface area contributed by atoms with Crippen molar-refractivity contribution in [2.24, 2.45) is 0 Å². The molecule has 2 amide bonds. The summed E-state index contributed by atoms with van der Waals surface area (Å²) in [6.45, 7) is -0.0157. The number of nitrogen functional groups attached to an aromatic ring is 1. The number of nitrogens with zero attached hydrogens (tertiary/aromatic N) is 1. The van der Waals surface area contributed by atoms with Gasteiger partial charge in [-0.3, -0.25) is 9.59 Å². The number of hydrogen-bond donors (Lipinski definition) is 4. The van der Waals surface area contributed by atoms with Gasteiger partial charge in [0.1, 0.15) is 0 Å². The number of nitrogens with two attached hydrogens (primary N) is 1. The number of likely N-dealkylation sites (tertiary alicyclic amines) is 1. The number of anilines is 1. The fraction of sp³-hybridized carbons (Fsp3) is 0.385. The number of nitrogens with one attached hydrogen (secondary N) is 1. The molecule has 5 N–H and O–H groups in total. The molecule has 1 aliphatic rings. The topological polar surface area (TPSA) is 116 Å². The SMILES string of the molecule is Nc1ccc(C(=O)NCC(=O)N2C[C@@H](O)[C@@H](O)C2)cc1. The van der Waals surface area contributed by atoms with Crippen LogP contribution in [0.15, 0.2) is 24.3 Å². The predicted molar refractivity (Wildman–Crippen MR) is 71.8 cm³/mol. The van der Waals surface area contributed by atoms with E-state index >= 15 is 0 Å². The summed E-state index contributed by atoms with van der Waals surface area (Å²) < 4.78 is 0. The Morgan fingerprint density at radius 2 is 1.75 bits per heavy atom. The highest BCUT2D eigenvalue weighted by molar-refractivity contribution is 5.96. The van der Waals surface area contributed by atoms with Gasteiger partial charge in [0.2, 0.25) is 5.91 Å². The summed E-state index contributed by atoms with van der Waals surface area (Å²) in [4.78, 5) is 24.9. The summed E-state index contributed by atoms with van der Waals surface area (Å²) in [5.41, 5.74) is 6.48. The van der Waals surface area contributed by atoms with E-state index in [1.807, 2.05) is 0 Å². The number of hydrogen-bond acceptors (Lipinski definition) is 5.